The Morgan fingerprint density at radius 2 is 0.796 bits per heavy atom. The molecule has 16 nitrogen and oxygen atoms in total. The van der Waals surface area contributed by atoms with E-state index in [-0.39, 0.29) is 66.9 Å². The van der Waals surface area contributed by atoms with Gasteiger partial charge in [0.2, 0.25) is 0 Å². The van der Waals surface area contributed by atoms with Gasteiger partial charge in [-0.05, 0) is 72.8 Å². The highest BCUT2D eigenvalue weighted by molar-refractivity contribution is 7.86. The number of nitrogens with one attached hydrogen (secondary N) is 4. The molecule has 0 atom stereocenters. The van der Waals surface area contributed by atoms with E-state index in [0.717, 1.165) is 24.3 Å². The van der Waals surface area contributed by atoms with Crippen LogP contribution in [0.3, 0.4) is 0 Å². The third-order valence-electron chi connectivity index (χ3n) is 7.95. The monoisotopic (exact) mass is 770 g/mol. The third kappa shape index (κ3) is 7.96. The molecule has 6 rings (SSSR count). The number of rotatable bonds is 8. The Hall–Kier alpha value is -6.86. The number of hydrogen-bond donors (Lipinski definition) is 8. The van der Waals surface area contributed by atoms with Gasteiger partial charge in [-0.1, -0.05) is 24.3 Å². The van der Waals surface area contributed by atoms with E-state index in [0.29, 0.717) is 0 Å². The number of carbonyl (C=O) groups excluding carboxylic acids is 4. The average molecular weight is 771 g/mol. The molecule has 0 heterocycles. The molecule has 0 aliphatic heterocycles. The summed E-state index contributed by atoms with van der Waals surface area (Å²) >= 11 is 0. The van der Waals surface area contributed by atoms with Gasteiger partial charge in [0, 0.05) is 56.2 Å². The van der Waals surface area contributed by atoms with Gasteiger partial charge in [-0.25, -0.2) is 0 Å². The Balaban J connectivity index is 1.07. The van der Waals surface area contributed by atoms with E-state index in [1.807, 2.05) is 0 Å². The topological polar surface area (TPSA) is 266 Å². The fourth-order valence-electron chi connectivity index (χ4n) is 5.52. The van der Waals surface area contributed by atoms with Crippen molar-refractivity contribution in [1.29, 1.82) is 0 Å². The lowest BCUT2D eigenvalue weighted by molar-refractivity contribution is -0.132. The summed E-state index contributed by atoms with van der Waals surface area (Å²) in [5.74, 6) is -4.18. The normalized spacial score (nSPS) is 11.5. The van der Waals surface area contributed by atoms with Gasteiger partial charge in [-0.2, -0.15) is 16.8 Å². The highest BCUT2D eigenvalue weighted by Gasteiger charge is 2.20. The number of aromatic hydroxyl groups is 2. The lowest BCUT2D eigenvalue weighted by Gasteiger charge is -2.12. The molecule has 0 saturated heterocycles. The summed E-state index contributed by atoms with van der Waals surface area (Å²) in [6, 6.07) is 23.4. The molecule has 0 radical (unpaired) electrons. The summed E-state index contributed by atoms with van der Waals surface area (Å²) in [6.45, 7) is 0. The van der Waals surface area contributed by atoms with Crippen molar-refractivity contribution in [3.63, 3.8) is 0 Å². The summed E-state index contributed by atoms with van der Waals surface area (Å²) in [7, 11) is -9.27. The van der Waals surface area contributed by atoms with Crippen LogP contribution in [0.5, 0.6) is 11.5 Å². The van der Waals surface area contributed by atoms with Crippen molar-refractivity contribution in [2.45, 2.75) is 9.79 Å². The molecule has 54 heavy (non-hydrogen) atoms. The maximum Gasteiger partial charge on any atom is 0.314 e. The molecule has 0 spiro atoms. The van der Waals surface area contributed by atoms with E-state index in [9.17, 15) is 55.3 Å². The van der Waals surface area contributed by atoms with Crippen LogP contribution in [-0.4, -0.2) is 59.8 Å². The van der Waals surface area contributed by atoms with Gasteiger partial charge in [0.15, 0.2) is 0 Å². The summed E-state index contributed by atoms with van der Waals surface area (Å²) in [4.78, 5) is 50.3. The first-order chi connectivity index (χ1) is 25.5. The van der Waals surface area contributed by atoms with Crippen LogP contribution >= 0.6 is 0 Å². The number of fused-ring (bicyclic) bond motifs is 2. The van der Waals surface area contributed by atoms with Crippen molar-refractivity contribution in [3.8, 4) is 11.5 Å². The molecule has 0 saturated carbocycles. The zero-order valence-electron chi connectivity index (χ0n) is 27.3. The fourth-order valence-corrected chi connectivity index (χ4v) is 6.91. The standard InChI is InChI=1S/C36H26N4O12S2/c41-23-15-27-25(3-1-5-31(27)53(47,48)49)29(17-23)39-33(43)19-7-11-21(12-8-19)37-35(45)36(46)38-22-13-9-20(10-14-22)34(44)40-30-18-24(42)16-28-26(30)4-2-6-32(28)54(50,51)52/h1-18,41-42H,(H,37,45)(H,38,46)(H,39,43)(H,40,44)(H,47,48,49)(H,50,51,52). The van der Waals surface area contributed by atoms with Crippen molar-refractivity contribution in [1.82, 2.24) is 0 Å². The molecule has 4 amide bonds. The molecule has 0 aliphatic rings. The molecule has 0 fully saturated rings. The minimum Gasteiger partial charge on any atom is -0.508 e. The summed E-state index contributed by atoms with van der Waals surface area (Å²) in [5, 5.41) is 30.6. The van der Waals surface area contributed by atoms with Crippen LogP contribution in [0.1, 0.15) is 20.7 Å². The van der Waals surface area contributed by atoms with Gasteiger partial charge in [0.1, 0.15) is 21.3 Å². The number of hydrogen-bond acceptors (Lipinski definition) is 10. The Kier molecular flexibility index (Phi) is 9.76. The van der Waals surface area contributed by atoms with Gasteiger partial charge >= 0.3 is 11.8 Å². The Morgan fingerprint density at radius 3 is 1.13 bits per heavy atom. The van der Waals surface area contributed by atoms with Crippen molar-refractivity contribution in [2.75, 3.05) is 21.3 Å². The maximum absolute atomic E-state index is 13.0. The minimum absolute atomic E-state index is 0.0203. The number of benzene rings is 6. The number of amides is 4. The average Bonchev–Trinajstić information content (AvgIpc) is 3.10. The van der Waals surface area contributed by atoms with Gasteiger partial charge in [0.25, 0.3) is 32.1 Å². The van der Waals surface area contributed by atoms with Crippen LogP contribution in [0.25, 0.3) is 21.5 Å². The maximum atomic E-state index is 13.0. The van der Waals surface area contributed by atoms with E-state index >= 15 is 0 Å². The zero-order valence-corrected chi connectivity index (χ0v) is 28.9. The molecule has 18 heteroatoms. The fraction of sp³-hybridized carbons (Fsp3) is 0. The molecule has 8 N–H and O–H groups in total. The highest BCUT2D eigenvalue weighted by Crippen LogP contribution is 2.35. The molecule has 6 aromatic rings. The minimum atomic E-state index is -4.64. The van der Waals surface area contributed by atoms with Crippen molar-refractivity contribution >= 4 is 88.2 Å². The van der Waals surface area contributed by atoms with Gasteiger partial charge < -0.3 is 31.5 Å². The Bertz CT molecular complexity index is 2560. The molecule has 6 aromatic carbocycles. The Morgan fingerprint density at radius 1 is 0.444 bits per heavy atom. The van der Waals surface area contributed by atoms with Crippen LogP contribution in [0, 0.1) is 0 Å². The number of anilines is 4. The van der Waals surface area contributed by atoms with Crippen LogP contribution in [0.4, 0.5) is 22.7 Å². The summed E-state index contributed by atoms with van der Waals surface area (Å²) in [5.41, 5.74) is 0.633. The second kappa shape index (κ2) is 14.3. The number of carbonyl (C=O) groups is 4. The number of phenols is 2. The predicted octanol–water partition coefficient (Wildman–Crippen LogP) is 4.98. The van der Waals surface area contributed by atoms with Crippen LogP contribution in [0.2, 0.25) is 0 Å². The second-order valence-electron chi connectivity index (χ2n) is 11.6. The first-order valence-corrected chi connectivity index (χ1v) is 18.3. The second-order valence-corrected chi connectivity index (χ2v) is 14.4. The zero-order chi connectivity index (χ0) is 38.9. The Labute approximate surface area is 305 Å². The lowest BCUT2D eigenvalue weighted by Crippen LogP contribution is -2.29. The SMILES string of the molecule is O=C(Nc1ccc(C(=O)Nc2cc(O)cc3c(S(=O)(=O)O)cccc23)cc1)C(=O)Nc1ccc(C(=O)Nc2cc(O)cc3c(S(=O)(=O)O)cccc23)cc1. The van der Waals surface area contributed by atoms with E-state index in [1.54, 1.807) is 0 Å². The third-order valence-corrected chi connectivity index (χ3v) is 9.77. The molecule has 0 aliphatic carbocycles. The van der Waals surface area contributed by atoms with E-state index in [1.165, 1.54) is 84.9 Å². The molecular formula is C36H26N4O12S2. The first-order valence-electron chi connectivity index (χ1n) is 15.4. The lowest BCUT2D eigenvalue weighted by atomic mass is 10.1. The van der Waals surface area contributed by atoms with Crippen LogP contribution in [0.15, 0.2) is 119 Å². The highest BCUT2D eigenvalue weighted by atomic mass is 32.2. The summed E-state index contributed by atoms with van der Waals surface area (Å²) < 4.78 is 66.3. The smallest absolute Gasteiger partial charge is 0.314 e. The van der Waals surface area contributed by atoms with Gasteiger partial charge in [0.05, 0.1) is 11.4 Å². The quantitative estimate of drug-likeness (QED) is 0.0753. The molecule has 274 valence electrons. The molecular weight excluding hydrogens is 745 g/mol. The van der Waals surface area contributed by atoms with Crippen LogP contribution < -0.4 is 21.3 Å². The summed E-state index contributed by atoms with van der Waals surface area (Å²) in [6.07, 6.45) is 0. The van der Waals surface area contributed by atoms with Crippen molar-refractivity contribution in [3.05, 3.63) is 120 Å². The number of phenolic OH excluding ortho intramolecular Hbond substituents is 2. The van der Waals surface area contributed by atoms with E-state index in [4.69, 9.17) is 0 Å². The van der Waals surface area contributed by atoms with Crippen molar-refractivity contribution in [2.24, 2.45) is 0 Å². The van der Waals surface area contributed by atoms with Gasteiger partial charge in [-0.15, -0.1) is 0 Å². The molecule has 0 bridgehead atoms. The van der Waals surface area contributed by atoms with Crippen molar-refractivity contribution < 1.29 is 55.3 Å². The molecule has 0 unspecified atom stereocenters. The first kappa shape index (κ1) is 36.9. The van der Waals surface area contributed by atoms with Crippen LogP contribution in [-0.2, 0) is 29.8 Å². The van der Waals surface area contributed by atoms with Gasteiger partial charge in [-0.3, -0.25) is 28.3 Å². The van der Waals surface area contributed by atoms with E-state index < -0.39 is 53.7 Å². The van der Waals surface area contributed by atoms with E-state index in [2.05, 4.69) is 21.3 Å². The molecule has 0 aromatic heterocycles. The predicted molar refractivity (Wildman–Crippen MR) is 197 cm³/mol. The largest absolute Gasteiger partial charge is 0.508 e.